The molecule has 1 aliphatic carbocycles. The molecule has 0 aliphatic heterocycles. The number of halogens is 2. The van der Waals surface area contributed by atoms with E-state index in [1.54, 1.807) is 12.1 Å². The molecule has 6 heteroatoms. The summed E-state index contributed by atoms with van der Waals surface area (Å²) in [5.74, 6) is 0.134. The van der Waals surface area contributed by atoms with Gasteiger partial charge in [0, 0.05) is 34.7 Å². The molecule has 2 atom stereocenters. The van der Waals surface area contributed by atoms with Gasteiger partial charge in [-0.15, -0.1) is 0 Å². The smallest absolute Gasteiger partial charge is 0.262 e. The lowest BCUT2D eigenvalue weighted by Gasteiger charge is -2.29. The molecule has 33 heavy (non-hydrogen) atoms. The highest BCUT2D eigenvalue weighted by molar-refractivity contribution is 6.42. The first-order chi connectivity index (χ1) is 15.9. The Balaban J connectivity index is 1.70. The normalized spacial score (nSPS) is 18.8. The highest BCUT2D eigenvalue weighted by Gasteiger charge is 2.24. The number of rotatable bonds is 5. The SMILES string of the molecule is Cc1c(/C=C(\C#N)C(=O)N[C@H]2CCCC[C@H]2C)c2ccccc2n1Cc1ccc(Cl)c(Cl)c1. The molecule has 1 aliphatic rings. The Kier molecular flexibility index (Phi) is 7.12. The van der Waals surface area contributed by atoms with Crippen molar-refractivity contribution in [3.63, 3.8) is 0 Å². The number of aromatic nitrogens is 1. The van der Waals surface area contributed by atoms with E-state index in [0.29, 0.717) is 22.5 Å². The second-order valence-electron chi connectivity index (χ2n) is 8.86. The Hall–Kier alpha value is -2.74. The Morgan fingerprint density at radius 2 is 1.94 bits per heavy atom. The van der Waals surface area contributed by atoms with Crippen LogP contribution in [-0.4, -0.2) is 16.5 Å². The van der Waals surface area contributed by atoms with E-state index in [-0.39, 0.29) is 17.5 Å². The van der Waals surface area contributed by atoms with E-state index in [2.05, 4.69) is 22.9 Å². The van der Waals surface area contributed by atoms with Crippen LogP contribution in [0, 0.1) is 24.2 Å². The van der Waals surface area contributed by atoms with Gasteiger partial charge in [-0.1, -0.05) is 67.2 Å². The number of fused-ring (bicyclic) bond motifs is 1. The van der Waals surface area contributed by atoms with E-state index < -0.39 is 0 Å². The maximum absolute atomic E-state index is 13.0. The predicted molar refractivity (Wildman–Crippen MR) is 135 cm³/mol. The average molecular weight is 480 g/mol. The number of amides is 1. The molecule has 4 rings (SSSR count). The molecule has 1 aromatic heterocycles. The molecule has 3 aromatic rings. The Bertz CT molecular complexity index is 1270. The molecule has 0 radical (unpaired) electrons. The third kappa shape index (κ3) is 4.95. The number of hydrogen-bond donors (Lipinski definition) is 1. The zero-order valence-corrected chi connectivity index (χ0v) is 20.4. The zero-order valence-electron chi connectivity index (χ0n) is 18.9. The number of benzene rings is 2. The standard InChI is InChI=1S/C27H27Cl2N3O/c1-17-7-3-5-9-25(17)31-27(33)20(15-30)14-22-18(2)32(26-10-6-4-8-21(22)26)16-19-11-12-23(28)24(29)13-19/h4,6,8,10-14,17,25H,3,5,7,9,16H2,1-2H3,(H,31,33)/b20-14+/t17-,25+/m1/s1. The monoisotopic (exact) mass is 479 g/mol. The van der Waals surface area contributed by atoms with Gasteiger partial charge in [0.1, 0.15) is 11.6 Å². The quantitative estimate of drug-likeness (QED) is 0.319. The van der Waals surface area contributed by atoms with Gasteiger partial charge < -0.3 is 9.88 Å². The fraction of sp³-hybridized carbons (Fsp3) is 0.333. The maximum atomic E-state index is 13.0. The van der Waals surface area contributed by atoms with Gasteiger partial charge >= 0.3 is 0 Å². The van der Waals surface area contributed by atoms with Crippen molar-refractivity contribution in [1.82, 2.24) is 9.88 Å². The highest BCUT2D eigenvalue weighted by Crippen LogP contribution is 2.30. The Morgan fingerprint density at radius 3 is 2.67 bits per heavy atom. The molecule has 1 saturated carbocycles. The van der Waals surface area contributed by atoms with Crippen LogP contribution in [0.5, 0.6) is 0 Å². The van der Waals surface area contributed by atoms with E-state index >= 15 is 0 Å². The molecule has 1 amide bonds. The molecular formula is C27H27Cl2N3O. The van der Waals surface area contributed by atoms with Crippen molar-refractivity contribution < 1.29 is 4.79 Å². The van der Waals surface area contributed by atoms with Gasteiger partial charge in [0.15, 0.2) is 0 Å². The van der Waals surface area contributed by atoms with Gasteiger partial charge in [-0.2, -0.15) is 5.26 Å². The van der Waals surface area contributed by atoms with Crippen molar-refractivity contribution in [2.45, 2.75) is 52.1 Å². The third-order valence-electron chi connectivity index (χ3n) is 6.69. The Labute approximate surface area is 204 Å². The molecule has 0 spiro atoms. The van der Waals surface area contributed by atoms with Crippen LogP contribution in [0.15, 0.2) is 48.0 Å². The van der Waals surface area contributed by atoms with Gasteiger partial charge in [0.2, 0.25) is 0 Å². The van der Waals surface area contributed by atoms with Crippen LogP contribution in [-0.2, 0) is 11.3 Å². The first kappa shape index (κ1) is 23.4. The van der Waals surface area contributed by atoms with Crippen LogP contribution >= 0.6 is 23.2 Å². The topological polar surface area (TPSA) is 57.8 Å². The van der Waals surface area contributed by atoms with Crippen LogP contribution in [0.25, 0.3) is 17.0 Å². The number of carbonyl (C=O) groups excluding carboxylic acids is 1. The number of hydrogen-bond acceptors (Lipinski definition) is 2. The fourth-order valence-electron chi connectivity index (χ4n) is 4.73. The van der Waals surface area contributed by atoms with Gasteiger partial charge in [-0.25, -0.2) is 0 Å². The number of nitrogens with zero attached hydrogens (tertiary/aromatic N) is 2. The predicted octanol–water partition coefficient (Wildman–Crippen LogP) is 6.91. The van der Waals surface area contributed by atoms with Crippen LogP contribution in [0.1, 0.15) is 49.4 Å². The molecular weight excluding hydrogens is 453 g/mol. The van der Waals surface area contributed by atoms with E-state index in [9.17, 15) is 10.1 Å². The van der Waals surface area contributed by atoms with Crippen molar-refractivity contribution in [2.75, 3.05) is 0 Å². The second kappa shape index (κ2) is 10.0. The third-order valence-corrected chi connectivity index (χ3v) is 7.43. The van der Waals surface area contributed by atoms with E-state index in [0.717, 1.165) is 47.0 Å². The second-order valence-corrected chi connectivity index (χ2v) is 9.68. The fourth-order valence-corrected chi connectivity index (χ4v) is 5.05. The molecule has 4 nitrogen and oxygen atoms in total. The first-order valence-corrected chi connectivity index (χ1v) is 12.1. The van der Waals surface area contributed by atoms with Crippen molar-refractivity contribution in [1.29, 1.82) is 5.26 Å². The summed E-state index contributed by atoms with van der Waals surface area (Å²) < 4.78 is 2.18. The molecule has 0 saturated heterocycles. The molecule has 2 aromatic carbocycles. The number of para-hydroxylation sites is 1. The molecule has 1 N–H and O–H groups in total. The van der Waals surface area contributed by atoms with Crippen LogP contribution in [0.3, 0.4) is 0 Å². The lowest BCUT2D eigenvalue weighted by molar-refractivity contribution is -0.118. The molecule has 1 fully saturated rings. The highest BCUT2D eigenvalue weighted by atomic mass is 35.5. The molecule has 0 unspecified atom stereocenters. The van der Waals surface area contributed by atoms with Gasteiger partial charge in [0.05, 0.1) is 10.0 Å². The summed E-state index contributed by atoms with van der Waals surface area (Å²) in [4.78, 5) is 13.0. The minimum atomic E-state index is -0.294. The van der Waals surface area contributed by atoms with Crippen molar-refractivity contribution in [2.24, 2.45) is 5.92 Å². The van der Waals surface area contributed by atoms with E-state index in [1.807, 2.05) is 43.3 Å². The van der Waals surface area contributed by atoms with Gasteiger partial charge in [0.25, 0.3) is 5.91 Å². The summed E-state index contributed by atoms with van der Waals surface area (Å²) in [6.07, 6.45) is 6.12. The van der Waals surface area contributed by atoms with Crippen molar-refractivity contribution in [3.05, 3.63) is 74.9 Å². The minimum absolute atomic E-state index is 0.125. The number of carbonyl (C=O) groups is 1. The average Bonchev–Trinajstić information content (AvgIpc) is 3.07. The summed E-state index contributed by atoms with van der Waals surface area (Å²) in [7, 11) is 0. The van der Waals surface area contributed by atoms with Gasteiger partial charge in [-0.3, -0.25) is 4.79 Å². The largest absolute Gasteiger partial charge is 0.348 e. The van der Waals surface area contributed by atoms with Crippen LogP contribution in [0.4, 0.5) is 0 Å². The van der Waals surface area contributed by atoms with E-state index in [4.69, 9.17) is 23.2 Å². The van der Waals surface area contributed by atoms with Crippen molar-refractivity contribution >= 4 is 46.1 Å². The van der Waals surface area contributed by atoms with Crippen molar-refractivity contribution in [3.8, 4) is 6.07 Å². The summed E-state index contributed by atoms with van der Waals surface area (Å²) in [5, 5.41) is 14.9. The van der Waals surface area contributed by atoms with Crippen LogP contribution < -0.4 is 5.32 Å². The molecule has 170 valence electrons. The summed E-state index contributed by atoms with van der Waals surface area (Å²) in [5.41, 5.74) is 4.05. The Morgan fingerprint density at radius 1 is 1.18 bits per heavy atom. The summed E-state index contributed by atoms with van der Waals surface area (Å²) >= 11 is 12.3. The maximum Gasteiger partial charge on any atom is 0.262 e. The lowest BCUT2D eigenvalue weighted by atomic mass is 9.86. The number of nitrogens with one attached hydrogen (secondary N) is 1. The molecule has 1 heterocycles. The van der Waals surface area contributed by atoms with Crippen LogP contribution in [0.2, 0.25) is 10.0 Å². The van der Waals surface area contributed by atoms with Gasteiger partial charge in [-0.05, 0) is 55.5 Å². The summed E-state index contributed by atoms with van der Waals surface area (Å²) in [6, 6.07) is 15.9. The summed E-state index contributed by atoms with van der Waals surface area (Å²) in [6.45, 7) is 4.78. The first-order valence-electron chi connectivity index (χ1n) is 11.3. The minimum Gasteiger partial charge on any atom is -0.348 e. The number of nitriles is 1. The zero-order chi connectivity index (χ0) is 23.5. The molecule has 0 bridgehead atoms. The van der Waals surface area contributed by atoms with E-state index in [1.165, 1.54) is 6.42 Å². The lowest BCUT2D eigenvalue weighted by Crippen LogP contribution is -2.41.